The maximum atomic E-state index is 12.0. The zero-order valence-corrected chi connectivity index (χ0v) is 9.70. The monoisotopic (exact) mass is 232 g/mol. The van der Waals surface area contributed by atoms with E-state index in [0.717, 1.165) is 22.8 Å². The Labute approximate surface area is 100 Å². The van der Waals surface area contributed by atoms with Crippen LogP contribution in [0, 0.1) is 0 Å². The lowest BCUT2D eigenvalue weighted by molar-refractivity contribution is 0.0983. The van der Waals surface area contributed by atoms with Crippen LogP contribution in [0.25, 0.3) is 10.8 Å². The lowest BCUT2D eigenvalue weighted by Gasteiger charge is -2.04. The second-order valence-electron chi connectivity index (χ2n) is 3.74. The molecule has 0 amide bonds. The zero-order valence-electron chi connectivity index (χ0n) is 8.95. The number of carbonyl (C=O) groups excluding carboxylic acids is 1. The SMILES string of the molecule is O=C(CCCCl)c1cccc2ccccc12. The van der Waals surface area contributed by atoms with Crippen molar-refractivity contribution in [2.45, 2.75) is 12.8 Å². The predicted molar refractivity (Wildman–Crippen MR) is 68.2 cm³/mol. The topological polar surface area (TPSA) is 17.1 Å². The standard InChI is InChI=1S/C14H13ClO/c15-10-4-9-14(16)13-8-3-6-11-5-1-2-7-12(11)13/h1-3,5-8H,4,9-10H2. The van der Waals surface area contributed by atoms with Crippen molar-refractivity contribution in [3.63, 3.8) is 0 Å². The van der Waals surface area contributed by atoms with E-state index < -0.39 is 0 Å². The summed E-state index contributed by atoms with van der Waals surface area (Å²) in [5, 5.41) is 2.14. The number of Topliss-reactive ketones (excluding diaryl/α,β-unsaturated/α-hetero) is 1. The van der Waals surface area contributed by atoms with E-state index in [2.05, 4.69) is 0 Å². The number of benzene rings is 2. The molecular formula is C14H13ClO. The first-order valence-corrected chi connectivity index (χ1v) is 5.93. The number of halogens is 1. The summed E-state index contributed by atoms with van der Waals surface area (Å²) in [7, 11) is 0. The normalized spacial score (nSPS) is 10.6. The van der Waals surface area contributed by atoms with Gasteiger partial charge in [0.1, 0.15) is 0 Å². The quantitative estimate of drug-likeness (QED) is 0.574. The molecule has 0 saturated heterocycles. The summed E-state index contributed by atoms with van der Waals surface area (Å²) in [4.78, 5) is 12.0. The van der Waals surface area contributed by atoms with E-state index in [1.54, 1.807) is 0 Å². The van der Waals surface area contributed by atoms with E-state index in [-0.39, 0.29) is 5.78 Å². The number of ketones is 1. The molecule has 16 heavy (non-hydrogen) atoms. The number of hydrogen-bond donors (Lipinski definition) is 0. The molecule has 0 aliphatic carbocycles. The minimum absolute atomic E-state index is 0.178. The zero-order chi connectivity index (χ0) is 11.4. The third-order valence-electron chi connectivity index (χ3n) is 2.63. The van der Waals surface area contributed by atoms with Crippen LogP contribution < -0.4 is 0 Å². The summed E-state index contributed by atoms with van der Waals surface area (Å²) < 4.78 is 0. The average Bonchev–Trinajstić information content (AvgIpc) is 2.35. The predicted octanol–water partition coefficient (Wildman–Crippen LogP) is 4.04. The summed E-state index contributed by atoms with van der Waals surface area (Å²) in [6.45, 7) is 0. The van der Waals surface area contributed by atoms with Crippen molar-refractivity contribution < 1.29 is 4.79 Å². The summed E-state index contributed by atoms with van der Waals surface area (Å²) in [5.74, 6) is 0.716. The third-order valence-corrected chi connectivity index (χ3v) is 2.89. The molecule has 0 aliphatic rings. The van der Waals surface area contributed by atoms with Gasteiger partial charge in [-0.3, -0.25) is 4.79 Å². The molecule has 82 valence electrons. The van der Waals surface area contributed by atoms with Gasteiger partial charge in [0, 0.05) is 17.9 Å². The Morgan fingerprint density at radius 1 is 1.06 bits per heavy atom. The van der Waals surface area contributed by atoms with Gasteiger partial charge < -0.3 is 0 Å². The first-order chi connectivity index (χ1) is 7.83. The molecule has 2 heteroatoms. The van der Waals surface area contributed by atoms with Crippen molar-refractivity contribution >= 4 is 28.2 Å². The minimum Gasteiger partial charge on any atom is -0.294 e. The molecule has 0 saturated carbocycles. The van der Waals surface area contributed by atoms with Crippen LogP contribution in [-0.2, 0) is 0 Å². The number of fused-ring (bicyclic) bond motifs is 1. The van der Waals surface area contributed by atoms with E-state index in [1.165, 1.54) is 0 Å². The average molecular weight is 233 g/mol. The molecule has 0 unspecified atom stereocenters. The molecule has 0 aromatic heterocycles. The number of rotatable bonds is 4. The van der Waals surface area contributed by atoms with Crippen LogP contribution >= 0.6 is 11.6 Å². The molecule has 1 nitrogen and oxygen atoms in total. The molecule has 2 rings (SSSR count). The number of hydrogen-bond acceptors (Lipinski definition) is 1. The van der Waals surface area contributed by atoms with Gasteiger partial charge in [0.05, 0.1) is 0 Å². The van der Waals surface area contributed by atoms with Crippen molar-refractivity contribution in [2.24, 2.45) is 0 Å². The van der Waals surface area contributed by atoms with Crippen molar-refractivity contribution in [1.82, 2.24) is 0 Å². The van der Waals surface area contributed by atoms with Crippen molar-refractivity contribution in [3.05, 3.63) is 48.0 Å². The van der Waals surface area contributed by atoms with Gasteiger partial charge in [-0.25, -0.2) is 0 Å². The van der Waals surface area contributed by atoms with Gasteiger partial charge in [0.2, 0.25) is 0 Å². The van der Waals surface area contributed by atoms with E-state index in [0.29, 0.717) is 12.3 Å². The lowest BCUT2D eigenvalue weighted by Crippen LogP contribution is -2.00. The van der Waals surface area contributed by atoms with Crippen LogP contribution in [-0.4, -0.2) is 11.7 Å². The fourth-order valence-electron chi connectivity index (χ4n) is 1.83. The molecule has 0 heterocycles. The Morgan fingerprint density at radius 3 is 2.62 bits per heavy atom. The minimum atomic E-state index is 0.178. The van der Waals surface area contributed by atoms with Gasteiger partial charge in [0.15, 0.2) is 5.78 Å². The van der Waals surface area contributed by atoms with Crippen LogP contribution in [0.3, 0.4) is 0 Å². The molecule has 0 atom stereocenters. The van der Waals surface area contributed by atoms with Crippen molar-refractivity contribution in [3.8, 4) is 0 Å². The van der Waals surface area contributed by atoms with Gasteiger partial charge in [-0.05, 0) is 17.2 Å². The Balaban J connectivity index is 2.40. The highest BCUT2D eigenvalue weighted by molar-refractivity contribution is 6.18. The smallest absolute Gasteiger partial charge is 0.163 e. The maximum Gasteiger partial charge on any atom is 0.163 e. The summed E-state index contributed by atoms with van der Waals surface area (Å²) in [6.07, 6.45) is 1.26. The number of carbonyl (C=O) groups is 1. The molecule has 2 aromatic rings. The van der Waals surface area contributed by atoms with E-state index >= 15 is 0 Å². The molecule has 0 bridgehead atoms. The Bertz CT molecular complexity index is 500. The highest BCUT2D eigenvalue weighted by Crippen LogP contribution is 2.20. The van der Waals surface area contributed by atoms with Gasteiger partial charge >= 0.3 is 0 Å². The second kappa shape index (κ2) is 5.13. The molecule has 2 aromatic carbocycles. The van der Waals surface area contributed by atoms with Crippen LogP contribution in [0.5, 0.6) is 0 Å². The first kappa shape index (κ1) is 11.2. The summed E-state index contributed by atoms with van der Waals surface area (Å²) in [6, 6.07) is 13.8. The van der Waals surface area contributed by atoms with Crippen LogP contribution in [0.4, 0.5) is 0 Å². The highest BCUT2D eigenvalue weighted by Gasteiger charge is 2.08. The highest BCUT2D eigenvalue weighted by atomic mass is 35.5. The molecule has 0 radical (unpaired) electrons. The van der Waals surface area contributed by atoms with Crippen molar-refractivity contribution in [1.29, 1.82) is 0 Å². The van der Waals surface area contributed by atoms with Gasteiger partial charge in [-0.2, -0.15) is 0 Å². The summed E-state index contributed by atoms with van der Waals surface area (Å²) >= 11 is 5.60. The fourth-order valence-corrected chi connectivity index (χ4v) is 1.96. The second-order valence-corrected chi connectivity index (χ2v) is 4.12. The van der Waals surface area contributed by atoms with Crippen molar-refractivity contribution in [2.75, 3.05) is 5.88 Å². The molecule has 0 aliphatic heterocycles. The molecule has 0 fully saturated rings. The molecule has 0 spiro atoms. The number of alkyl halides is 1. The van der Waals surface area contributed by atoms with Gasteiger partial charge in [0.25, 0.3) is 0 Å². The Morgan fingerprint density at radius 2 is 1.81 bits per heavy atom. The first-order valence-electron chi connectivity index (χ1n) is 5.40. The van der Waals surface area contributed by atoms with Gasteiger partial charge in [-0.1, -0.05) is 42.5 Å². The lowest BCUT2D eigenvalue weighted by atomic mass is 9.99. The van der Waals surface area contributed by atoms with Crippen LogP contribution in [0.1, 0.15) is 23.2 Å². The fraction of sp³-hybridized carbons (Fsp3) is 0.214. The summed E-state index contributed by atoms with van der Waals surface area (Å²) in [5.41, 5.74) is 0.809. The Kier molecular flexibility index (Phi) is 3.58. The maximum absolute atomic E-state index is 12.0. The van der Waals surface area contributed by atoms with Crippen LogP contribution in [0.2, 0.25) is 0 Å². The molecular weight excluding hydrogens is 220 g/mol. The van der Waals surface area contributed by atoms with Crippen LogP contribution in [0.15, 0.2) is 42.5 Å². The van der Waals surface area contributed by atoms with E-state index in [1.807, 2.05) is 42.5 Å². The Hall–Kier alpha value is -1.34. The largest absolute Gasteiger partial charge is 0.294 e. The van der Waals surface area contributed by atoms with Gasteiger partial charge in [-0.15, -0.1) is 11.6 Å². The third kappa shape index (κ3) is 2.25. The van der Waals surface area contributed by atoms with E-state index in [9.17, 15) is 4.79 Å². The van der Waals surface area contributed by atoms with E-state index in [4.69, 9.17) is 11.6 Å². The molecule has 0 N–H and O–H groups in total.